The van der Waals surface area contributed by atoms with E-state index in [-0.39, 0.29) is 5.90 Å². The summed E-state index contributed by atoms with van der Waals surface area (Å²) in [5.74, 6) is -0.186. The lowest BCUT2D eigenvalue weighted by Gasteiger charge is -2.20. The summed E-state index contributed by atoms with van der Waals surface area (Å²) < 4.78 is 39.5. The van der Waals surface area contributed by atoms with E-state index < -0.39 is 15.0 Å². The Bertz CT molecular complexity index is 470. The highest BCUT2D eigenvalue weighted by Gasteiger charge is 2.34. The first kappa shape index (κ1) is 21.8. The van der Waals surface area contributed by atoms with Crippen molar-refractivity contribution in [3.05, 3.63) is 23.3 Å². The second kappa shape index (κ2) is 10.6. The van der Waals surface area contributed by atoms with E-state index in [1.807, 2.05) is 0 Å². The van der Waals surface area contributed by atoms with Crippen molar-refractivity contribution < 1.29 is 22.7 Å². The molecule has 0 saturated carbocycles. The second-order valence-corrected chi connectivity index (χ2v) is 11.0. The lowest BCUT2D eigenvalue weighted by Crippen LogP contribution is -2.01. The molecule has 0 N–H and O–H groups in total. The molecule has 5 nitrogen and oxygen atoms in total. The van der Waals surface area contributed by atoms with Crippen LogP contribution in [0.1, 0.15) is 40.0 Å². The van der Waals surface area contributed by atoms with Crippen molar-refractivity contribution in [1.29, 1.82) is 0 Å². The van der Waals surface area contributed by atoms with Crippen LogP contribution in [-0.2, 0) is 22.7 Å². The van der Waals surface area contributed by atoms with E-state index >= 15 is 0 Å². The van der Waals surface area contributed by atoms with Crippen molar-refractivity contribution in [2.24, 2.45) is 0 Å². The fraction of sp³-hybridized carbons (Fsp3) is 0.733. The lowest BCUT2D eigenvalue weighted by atomic mass is 10.1. The molecule has 0 spiro atoms. The van der Waals surface area contributed by atoms with Gasteiger partial charge in [0.05, 0.1) is 0 Å². The van der Waals surface area contributed by atoms with Crippen LogP contribution in [0, 0.1) is 0 Å². The van der Waals surface area contributed by atoms with Gasteiger partial charge in [-0.15, -0.1) is 0 Å². The van der Waals surface area contributed by atoms with Gasteiger partial charge in [-0.2, -0.15) is 0 Å². The molecule has 1 atom stereocenters. The van der Waals surface area contributed by atoms with Gasteiger partial charge >= 0.3 is 7.60 Å². The van der Waals surface area contributed by atoms with Crippen LogP contribution in [0.2, 0.25) is 0 Å². The Morgan fingerprint density at radius 3 is 1.95 bits per heavy atom. The lowest BCUT2D eigenvalue weighted by molar-refractivity contribution is 0.278. The molecule has 0 fully saturated rings. The first-order valence-corrected chi connectivity index (χ1v) is 11.1. The fourth-order valence-electron chi connectivity index (χ4n) is 1.87. The summed E-state index contributed by atoms with van der Waals surface area (Å²) in [6, 6.07) is 0. The molecule has 0 heterocycles. The third kappa shape index (κ3) is 9.07. The van der Waals surface area contributed by atoms with Gasteiger partial charge in [-0.05, 0) is 40.0 Å². The van der Waals surface area contributed by atoms with Crippen molar-refractivity contribution >= 4 is 15.0 Å². The monoisotopic (exact) mass is 352 g/mol. The van der Waals surface area contributed by atoms with Crippen molar-refractivity contribution in [3.8, 4) is 0 Å². The SMILES string of the molecule is COP(=O)(CC/C=C(\C)CCC=C(C)C)CP(=O)(OC)OC. The van der Waals surface area contributed by atoms with Gasteiger partial charge < -0.3 is 13.6 Å². The predicted octanol–water partition coefficient (Wildman–Crippen LogP) is 5.44. The molecule has 0 aliphatic rings. The van der Waals surface area contributed by atoms with Crippen LogP contribution in [0.3, 0.4) is 0 Å². The Balaban J connectivity index is 4.54. The van der Waals surface area contributed by atoms with Crippen LogP contribution >= 0.6 is 15.0 Å². The normalized spacial score (nSPS) is 15.5. The third-order valence-corrected chi connectivity index (χ3v) is 9.16. The van der Waals surface area contributed by atoms with Crippen LogP contribution < -0.4 is 0 Å². The molecule has 0 aromatic heterocycles. The highest BCUT2D eigenvalue weighted by molar-refractivity contribution is 7.73. The first-order chi connectivity index (χ1) is 10.2. The molecule has 22 heavy (non-hydrogen) atoms. The number of hydrogen-bond donors (Lipinski definition) is 0. The Labute approximate surface area is 135 Å². The van der Waals surface area contributed by atoms with E-state index in [0.717, 1.165) is 12.8 Å². The average molecular weight is 352 g/mol. The van der Waals surface area contributed by atoms with Crippen LogP contribution in [0.15, 0.2) is 23.3 Å². The molecule has 0 radical (unpaired) electrons. The van der Waals surface area contributed by atoms with E-state index in [9.17, 15) is 9.13 Å². The van der Waals surface area contributed by atoms with Crippen LogP contribution in [0.4, 0.5) is 0 Å². The quantitative estimate of drug-likeness (QED) is 0.366. The van der Waals surface area contributed by atoms with E-state index in [4.69, 9.17) is 13.6 Å². The smallest absolute Gasteiger partial charge is 0.331 e. The minimum atomic E-state index is -3.33. The summed E-state index contributed by atoms with van der Waals surface area (Å²) >= 11 is 0. The van der Waals surface area contributed by atoms with Crippen LogP contribution in [-0.4, -0.2) is 33.4 Å². The highest BCUT2D eigenvalue weighted by Crippen LogP contribution is 2.62. The molecule has 130 valence electrons. The molecular weight excluding hydrogens is 322 g/mol. The van der Waals surface area contributed by atoms with Crippen molar-refractivity contribution in [2.75, 3.05) is 33.4 Å². The largest absolute Gasteiger partial charge is 0.339 e. The van der Waals surface area contributed by atoms with Gasteiger partial charge in [-0.25, -0.2) is 0 Å². The maximum absolute atomic E-state index is 12.6. The van der Waals surface area contributed by atoms with Gasteiger partial charge in [0.25, 0.3) is 0 Å². The zero-order valence-electron chi connectivity index (χ0n) is 14.6. The Morgan fingerprint density at radius 2 is 1.50 bits per heavy atom. The van der Waals surface area contributed by atoms with E-state index in [1.54, 1.807) is 0 Å². The first-order valence-electron chi connectivity index (χ1n) is 7.33. The minimum Gasteiger partial charge on any atom is -0.331 e. The zero-order valence-corrected chi connectivity index (χ0v) is 16.4. The van der Waals surface area contributed by atoms with Gasteiger partial charge in [0.2, 0.25) is 7.37 Å². The van der Waals surface area contributed by atoms with Gasteiger partial charge in [-0.1, -0.05) is 23.3 Å². The summed E-state index contributed by atoms with van der Waals surface area (Å²) in [5.41, 5.74) is 2.56. The Morgan fingerprint density at radius 1 is 0.909 bits per heavy atom. The van der Waals surface area contributed by atoms with Crippen molar-refractivity contribution in [2.45, 2.75) is 40.0 Å². The molecular formula is C15H30O5P2. The van der Waals surface area contributed by atoms with Crippen molar-refractivity contribution in [1.82, 2.24) is 0 Å². The van der Waals surface area contributed by atoms with Gasteiger partial charge in [0, 0.05) is 27.5 Å². The summed E-state index contributed by atoms with van der Waals surface area (Å²) in [5, 5.41) is 0. The van der Waals surface area contributed by atoms with E-state index in [2.05, 4.69) is 32.9 Å². The molecule has 0 amide bonds. The van der Waals surface area contributed by atoms with Gasteiger partial charge in [0.15, 0.2) is 0 Å². The maximum atomic E-state index is 12.6. The number of hydrogen-bond acceptors (Lipinski definition) is 5. The number of rotatable bonds is 11. The molecule has 7 heteroatoms. The molecule has 0 bridgehead atoms. The van der Waals surface area contributed by atoms with Crippen LogP contribution in [0.5, 0.6) is 0 Å². The van der Waals surface area contributed by atoms with Gasteiger partial charge in [-0.3, -0.25) is 9.13 Å². The molecule has 0 rings (SSSR count). The number of allylic oxidation sites excluding steroid dienone is 4. The third-order valence-electron chi connectivity index (χ3n) is 3.33. The standard InChI is InChI=1S/C15H30O5P2/c1-14(2)9-7-10-15(3)11-8-12-21(16,18-4)13-22(17,19-5)20-6/h9,11H,7-8,10,12-13H2,1-6H3/b15-11+. The van der Waals surface area contributed by atoms with Crippen LogP contribution in [0.25, 0.3) is 0 Å². The van der Waals surface area contributed by atoms with Gasteiger partial charge in [0.1, 0.15) is 5.90 Å². The van der Waals surface area contributed by atoms with E-state index in [1.165, 1.54) is 32.5 Å². The molecule has 0 saturated heterocycles. The summed E-state index contributed by atoms with van der Waals surface area (Å²) in [6.07, 6.45) is 7.21. The molecule has 0 aliphatic heterocycles. The molecule has 1 unspecified atom stereocenters. The highest BCUT2D eigenvalue weighted by atomic mass is 31.2. The second-order valence-electron chi connectivity index (χ2n) is 5.50. The average Bonchev–Trinajstić information content (AvgIpc) is 2.46. The Hall–Kier alpha value is -0.180. The molecule has 0 aromatic carbocycles. The molecule has 0 aromatic rings. The summed E-state index contributed by atoms with van der Waals surface area (Å²) in [7, 11) is -2.40. The predicted molar refractivity (Wildman–Crippen MR) is 93.0 cm³/mol. The summed E-state index contributed by atoms with van der Waals surface area (Å²) in [6.45, 7) is 6.22. The zero-order chi connectivity index (χ0) is 17.2. The summed E-state index contributed by atoms with van der Waals surface area (Å²) in [4.78, 5) is 0. The fourth-order valence-corrected chi connectivity index (χ4v) is 6.79. The maximum Gasteiger partial charge on any atom is 0.339 e. The topological polar surface area (TPSA) is 61.8 Å². The Kier molecular flexibility index (Phi) is 10.5. The molecule has 0 aliphatic carbocycles. The van der Waals surface area contributed by atoms with Crippen molar-refractivity contribution in [3.63, 3.8) is 0 Å². The minimum absolute atomic E-state index is 0.186. The van der Waals surface area contributed by atoms with E-state index in [0.29, 0.717) is 12.6 Å².